The first-order valence-electron chi connectivity index (χ1n) is 7.38. The van der Waals surface area contributed by atoms with Gasteiger partial charge >= 0.3 is 12.1 Å². The number of nitrogens with one attached hydrogen (secondary N) is 1. The first-order valence-corrected chi connectivity index (χ1v) is 8.26. The minimum atomic E-state index is -1.71. The number of hydrogen-bond acceptors (Lipinski definition) is 5. The second-order valence-corrected chi connectivity index (χ2v) is 6.39. The standard InChI is InChI=1S/C17H19NO5S/c1-11-7-13(24-10-11)8-14(15(19)16(20)21)18-17(22)23-9-12-5-3-2-4-6-12/h2-7,10,14-15,19H,8-9H2,1H3,(H,18,22)(H,20,21)/t14-,15+/m0/s1. The summed E-state index contributed by atoms with van der Waals surface area (Å²) < 4.78 is 5.08. The summed E-state index contributed by atoms with van der Waals surface area (Å²) in [6.07, 6.45) is -2.26. The van der Waals surface area contributed by atoms with Gasteiger partial charge in [0.05, 0.1) is 6.04 Å². The monoisotopic (exact) mass is 349 g/mol. The van der Waals surface area contributed by atoms with Gasteiger partial charge in [0, 0.05) is 11.3 Å². The molecular weight excluding hydrogens is 330 g/mol. The minimum absolute atomic E-state index is 0.0701. The van der Waals surface area contributed by atoms with E-state index in [9.17, 15) is 14.7 Å². The van der Waals surface area contributed by atoms with E-state index in [0.717, 1.165) is 16.0 Å². The largest absolute Gasteiger partial charge is 0.479 e. The van der Waals surface area contributed by atoms with Gasteiger partial charge in [-0.05, 0) is 29.5 Å². The van der Waals surface area contributed by atoms with E-state index >= 15 is 0 Å². The Labute approximate surface area is 143 Å². The van der Waals surface area contributed by atoms with Crippen LogP contribution in [0.25, 0.3) is 0 Å². The van der Waals surface area contributed by atoms with Crippen LogP contribution in [-0.2, 0) is 22.6 Å². The van der Waals surface area contributed by atoms with E-state index in [1.54, 1.807) is 0 Å². The average molecular weight is 349 g/mol. The Bertz CT molecular complexity index is 685. The second-order valence-electron chi connectivity index (χ2n) is 5.39. The van der Waals surface area contributed by atoms with Crippen LogP contribution < -0.4 is 5.32 Å². The zero-order valence-corrected chi connectivity index (χ0v) is 14.0. The molecule has 0 saturated heterocycles. The van der Waals surface area contributed by atoms with Gasteiger partial charge in [-0.2, -0.15) is 0 Å². The van der Waals surface area contributed by atoms with Crippen LogP contribution in [0.1, 0.15) is 16.0 Å². The van der Waals surface area contributed by atoms with Crippen molar-refractivity contribution in [2.45, 2.75) is 32.1 Å². The van der Waals surface area contributed by atoms with E-state index < -0.39 is 24.2 Å². The topological polar surface area (TPSA) is 95.9 Å². The third-order valence-electron chi connectivity index (χ3n) is 3.36. The van der Waals surface area contributed by atoms with Crippen LogP contribution in [0.15, 0.2) is 41.8 Å². The van der Waals surface area contributed by atoms with Crippen LogP contribution >= 0.6 is 11.3 Å². The van der Waals surface area contributed by atoms with Crippen molar-refractivity contribution in [3.63, 3.8) is 0 Å². The smallest absolute Gasteiger partial charge is 0.407 e. The number of aryl methyl sites for hydroxylation is 1. The van der Waals surface area contributed by atoms with Gasteiger partial charge in [-0.1, -0.05) is 30.3 Å². The molecule has 0 aliphatic carbocycles. The molecule has 0 aliphatic rings. The molecule has 0 bridgehead atoms. The van der Waals surface area contributed by atoms with Gasteiger partial charge in [0.2, 0.25) is 0 Å². The fraction of sp³-hybridized carbons (Fsp3) is 0.294. The Morgan fingerprint density at radius 2 is 2.00 bits per heavy atom. The van der Waals surface area contributed by atoms with Crippen molar-refractivity contribution in [2.24, 2.45) is 0 Å². The van der Waals surface area contributed by atoms with Crippen molar-refractivity contribution in [2.75, 3.05) is 0 Å². The zero-order valence-electron chi connectivity index (χ0n) is 13.1. The van der Waals surface area contributed by atoms with Gasteiger partial charge in [0.25, 0.3) is 0 Å². The number of carboxylic acids is 1. The van der Waals surface area contributed by atoms with Crippen LogP contribution in [0.4, 0.5) is 4.79 Å². The number of carbonyl (C=O) groups is 2. The molecule has 1 aromatic heterocycles. The maximum Gasteiger partial charge on any atom is 0.407 e. The molecule has 128 valence electrons. The Morgan fingerprint density at radius 1 is 1.29 bits per heavy atom. The summed E-state index contributed by atoms with van der Waals surface area (Å²) in [7, 11) is 0. The van der Waals surface area contributed by atoms with E-state index in [-0.39, 0.29) is 13.0 Å². The maximum atomic E-state index is 11.9. The molecule has 24 heavy (non-hydrogen) atoms. The number of thiophene rings is 1. The van der Waals surface area contributed by atoms with Crippen molar-refractivity contribution in [3.8, 4) is 0 Å². The number of aliphatic hydroxyl groups excluding tert-OH is 1. The number of rotatable bonds is 7. The predicted molar refractivity (Wildman–Crippen MR) is 90.0 cm³/mol. The van der Waals surface area contributed by atoms with Crippen molar-refractivity contribution in [1.29, 1.82) is 0 Å². The molecule has 6 nitrogen and oxygen atoms in total. The molecule has 0 saturated carbocycles. The summed E-state index contributed by atoms with van der Waals surface area (Å²) in [4.78, 5) is 23.8. The lowest BCUT2D eigenvalue weighted by atomic mass is 10.1. The highest BCUT2D eigenvalue weighted by atomic mass is 32.1. The van der Waals surface area contributed by atoms with Crippen molar-refractivity contribution in [1.82, 2.24) is 5.32 Å². The fourth-order valence-electron chi connectivity index (χ4n) is 2.14. The molecule has 1 heterocycles. The highest BCUT2D eigenvalue weighted by Crippen LogP contribution is 2.17. The molecule has 1 amide bonds. The summed E-state index contributed by atoms with van der Waals surface area (Å²) in [5, 5.41) is 23.2. The highest BCUT2D eigenvalue weighted by Gasteiger charge is 2.28. The van der Waals surface area contributed by atoms with Gasteiger partial charge in [-0.15, -0.1) is 11.3 Å². The Kier molecular flexibility index (Phi) is 6.34. The van der Waals surface area contributed by atoms with E-state index in [0.29, 0.717) is 0 Å². The summed E-state index contributed by atoms with van der Waals surface area (Å²) in [5.41, 5.74) is 1.86. The number of carboxylic acid groups (broad SMARTS) is 1. The predicted octanol–water partition coefficient (Wildman–Crippen LogP) is 2.34. The molecule has 1 aromatic carbocycles. The van der Waals surface area contributed by atoms with Gasteiger partial charge in [-0.3, -0.25) is 0 Å². The molecular formula is C17H19NO5S. The van der Waals surface area contributed by atoms with Crippen molar-refractivity contribution < 1.29 is 24.5 Å². The van der Waals surface area contributed by atoms with Gasteiger partial charge in [0.15, 0.2) is 6.10 Å². The molecule has 2 rings (SSSR count). The Balaban J connectivity index is 1.96. The van der Waals surface area contributed by atoms with Crippen molar-refractivity contribution >= 4 is 23.4 Å². The fourth-order valence-corrected chi connectivity index (χ4v) is 3.08. The van der Waals surface area contributed by atoms with E-state index in [4.69, 9.17) is 9.84 Å². The van der Waals surface area contributed by atoms with Gasteiger partial charge in [0.1, 0.15) is 6.61 Å². The molecule has 0 fully saturated rings. The van der Waals surface area contributed by atoms with Crippen LogP contribution in [0, 0.1) is 6.92 Å². The molecule has 0 aliphatic heterocycles. The second kappa shape index (κ2) is 8.47. The summed E-state index contributed by atoms with van der Waals surface area (Å²) in [6, 6.07) is 10.1. The number of benzene rings is 1. The van der Waals surface area contributed by atoms with Gasteiger partial charge < -0.3 is 20.3 Å². The number of amides is 1. The number of hydrogen-bond donors (Lipinski definition) is 3. The van der Waals surface area contributed by atoms with Crippen LogP contribution in [-0.4, -0.2) is 34.4 Å². The minimum Gasteiger partial charge on any atom is -0.479 e. The number of aliphatic carboxylic acids is 1. The molecule has 0 spiro atoms. The maximum absolute atomic E-state index is 11.9. The molecule has 7 heteroatoms. The lowest BCUT2D eigenvalue weighted by molar-refractivity contribution is -0.148. The summed E-state index contributed by atoms with van der Waals surface area (Å²) in [6.45, 7) is 1.99. The van der Waals surface area contributed by atoms with Crippen LogP contribution in [0.3, 0.4) is 0 Å². The Morgan fingerprint density at radius 3 is 2.58 bits per heavy atom. The number of alkyl carbamates (subject to hydrolysis) is 1. The van der Waals surface area contributed by atoms with Crippen molar-refractivity contribution in [3.05, 3.63) is 57.8 Å². The first-order chi connectivity index (χ1) is 11.5. The zero-order chi connectivity index (χ0) is 17.5. The third-order valence-corrected chi connectivity index (χ3v) is 4.43. The average Bonchev–Trinajstić information content (AvgIpc) is 2.97. The molecule has 2 atom stereocenters. The molecule has 0 radical (unpaired) electrons. The molecule has 2 aromatic rings. The van der Waals surface area contributed by atoms with Gasteiger partial charge in [-0.25, -0.2) is 9.59 Å². The van der Waals surface area contributed by atoms with Crippen LogP contribution in [0.5, 0.6) is 0 Å². The number of carbonyl (C=O) groups excluding carboxylic acids is 1. The quantitative estimate of drug-likeness (QED) is 0.713. The number of aliphatic hydroxyl groups is 1. The lowest BCUT2D eigenvalue weighted by Crippen LogP contribution is -2.48. The Hall–Kier alpha value is -2.38. The first kappa shape index (κ1) is 18.0. The lowest BCUT2D eigenvalue weighted by Gasteiger charge is -2.20. The normalized spacial score (nSPS) is 13.1. The highest BCUT2D eigenvalue weighted by molar-refractivity contribution is 7.10. The van der Waals surface area contributed by atoms with Crippen LogP contribution in [0.2, 0.25) is 0 Å². The molecule has 3 N–H and O–H groups in total. The van der Waals surface area contributed by atoms with E-state index in [2.05, 4.69) is 5.32 Å². The van der Waals surface area contributed by atoms with E-state index in [1.165, 1.54) is 11.3 Å². The third kappa shape index (κ3) is 5.36. The summed E-state index contributed by atoms with van der Waals surface area (Å²) >= 11 is 1.45. The van der Waals surface area contributed by atoms with E-state index in [1.807, 2.05) is 48.7 Å². The SMILES string of the molecule is Cc1csc(C[C@H](NC(=O)OCc2ccccc2)[C@@H](O)C(=O)O)c1. The molecule has 0 unspecified atom stereocenters. The number of ether oxygens (including phenoxy) is 1. The summed E-state index contributed by atoms with van der Waals surface area (Å²) in [5.74, 6) is -1.39.